The lowest BCUT2D eigenvalue weighted by Gasteiger charge is -2.17. The fourth-order valence-corrected chi connectivity index (χ4v) is 3.67. The van der Waals surface area contributed by atoms with Gasteiger partial charge in [-0.1, -0.05) is 41.4 Å². The summed E-state index contributed by atoms with van der Waals surface area (Å²) in [6.07, 6.45) is 0.743. The first kappa shape index (κ1) is 18.5. The minimum atomic E-state index is -0.0789. The second kappa shape index (κ2) is 8.37. The minimum Gasteiger partial charge on any atom is -0.381 e. The summed E-state index contributed by atoms with van der Waals surface area (Å²) >= 11 is 12.3. The largest absolute Gasteiger partial charge is 0.381 e. The molecule has 2 aromatic carbocycles. The van der Waals surface area contributed by atoms with Crippen LogP contribution in [0.2, 0.25) is 10.0 Å². The van der Waals surface area contributed by atoms with Gasteiger partial charge < -0.3 is 9.47 Å². The molecule has 25 heavy (non-hydrogen) atoms. The van der Waals surface area contributed by atoms with Crippen molar-refractivity contribution in [3.05, 3.63) is 74.8 Å². The summed E-state index contributed by atoms with van der Waals surface area (Å²) in [5, 5.41) is 1.46. The summed E-state index contributed by atoms with van der Waals surface area (Å²) in [7, 11) is 0. The zero-order valence-corrected chi connectivity index (χ0v) is 16.0. The molecule has 4 heteroatoms. The van der Waals surface area contributed by atoms with E-state index in [9.17, 15) is 0 Å². The molecule has 0 aromatic heterocycles. The summed E-state index contributed by atoms with van der Waals surface area (Å²) in [6.45, 7) is 6.06. The predicted octanol–water partition coefficient (Wildman–Crippen LogP) is 6.31. The van der Waals surface area contributed by atoms with Crippen LogP contribution in [0.4, 0.5) is 0 Å². The predicted molar refractivity (Wildman–Crippen MR) is 104 cm³/mol. The van der Waals surface area contributed by atoms with Gasteiger partial charge in [0.1, 0.15) is 6.10 Å². The molecule has 0 aliphatic heterocycles. The van der Waals surface area contributed by atoms with Crippen LogP contribution in [0.5, 0.6) is 0 Å². The Balaban J connectivity index is 2.12. The smallest absolute Gasteiger partial charge is 0.105 e. The van der Waals surface area contributed by atoms with Crippen molar-refractivity contribution in [3.63, 3.8) is 0 Å². The number of ether oxygens (including phenoxy) is 2. The van der Waals surface area contributed by atoms with Gasteiger partial charge in [-0.25, -0.2) is 0 Å². The third-order valence-electron chi connectivity index (χ3n) is 4.39. The Bertz CT molecular complexity index is 766. The van der Waals surface area contributed by atoms with Crippen molar-refractivity contribution < 1.29 is 9.47 Å². The van der Waals surface area contributed by atoms with Gasteiger partial charge in [-0.3, -0.25) is 0 Å². The lowest BCUT2D eigenvalue weighted by atomic mass is 9.96. The molecule has 1 unspecified atom stereocenters. The molecule has 0 bridgehead atoms. The number of benzene rings is 2. The Labute approximate surface area is 159 Å². The van der Waals surface area contributed by atoms with Crippen LogP contribution < -0.4 is 0 Å². The number of hydrogen-bond donors (Lipinski definition) is 0. The first-order valence-corrected chi connectivity index (χ1v) is 9.39. The molecule has 1 aliphatic carbocycles. The highest BCUT2D eigenvalue weighted by molar-refractivity contribution is 6.31. The van der Waals surface area contributed by atoms with Crippen molar-refractivity contribution in [2.75, 3.05) is 19.8 Å². The van der Waals surface area contributed by atoms with Gasteiger partial charge in [-0.15, -0.1) is 0 Å². The monoisotopic (exact) mass is 376 g/mol. The van der Waals surface area contributed by atoms with Gasteiger partial charge in [-0.2, -0.15) is 0 Å². The van der Waals surface area contributed by atoms with Gasteiger partial charge in [0, 0.05) is 23.3 Å². The van der Waals surface area contributed by atoms with E-state index in [4.69, 9.17) is 32.7 Å². The second-order valence-corrected chi connectivity index (χ2v) is 6.79. The Kier molecular flexibility index (Phi) is 6.19. The highest BCUT2D eigenvalue weighted by Crippen LogP contribution is 2.47. The van der Waals surface area contributed by atoms with Crippen molar-refractivity contribution in [2.45, 2.75) is 26.4 Å². The van der Waals surface area contributed by atoms with Crippen LogP contribution in [0.3, 0.4) is 0 Å². The first-order chi connectivity index (χ1) is 12.2. The molecule has 0 radical (unpaired) electrons. The topological polar surface area (TPSA) is 18.5 Å². The standard InChI is InChI=1S/C21H22Cl2O2/c1-3-24-12-11-18-20(14-5-7-15(22)8-6-14)17-10-9-16(23)13-19(17)21(18)25-4-2/h5-10,13,21H,3-4,11-12H2,1-2H3. The van der Waals surface area contributed by atoms with Crippen LogP contribution in [0.25, 0.3) is 5.57 Å². The Hall–Kier alpha value is -1.32. The molecule has 2 aromatic rings. The van der Waals surface area contributed by atoms with Crippen molar-refractivity contribution in [3.8, 4) is 0 Å². The Morgan fingerprint density at radius 2 is 1.64 bits per heavy atom. The van der Waals surface area contributed by atoms with Crippen molar-refractivity contribution in [2.24, 2.45) is 0 Å². The normalized spacial score (nSPS) is 16.4. The highest BCUT2D eigenvalue weighted by Gasteiger charge is 2.32. The second-order valence-electron chi connectivity index (χ2n) is 5.92. The van der Waals surface area contributed by atoms with E-state index >= 15 is 0 Å². The lowest BCUT2D eigenvalue weighted by molar-refractivity contribution is 0.0819. The van der Waals surface area contributed by atoms with Crippen molar-refractivity contribution in [1.82, 2.24) is 0 Å². The van der Waals surface area contributed by atoms with E-state index in [0.29, 0.717) is 19.8 Å². The summed E-state index contributed by atoms with van der Waals surface area (Å²) in [5.74, 6) is 0. The van der Waals surface area contributed by atoms with Crippen molar-refractivity contribution in [1.29, 1.82) is 0 Å². The summed E-state index contributed by atoms with van der Waals surface area (Å²) < 4.78 is 11.7. The molecule has 1 aliphatic rings. The Morgan fingerprint density at radius 1 is 0.920 bits per heavy atom. The van der Waals surface area contributed by atoms with Gasteiger partial charge in [0.2, 0.25) is 0 Å². The molecule has 0 N–H and O–H groups in total. The third kappa shape index (κ3) is 3.93. The van der Waals surface area contributed by atoms with E-state index < -0.39 is 0 Å². The van der Waals surface area contributed by atoms with Crippen LogP contribution in [-0.4, -0.2) is 19.8 Å². The fourth-order valence-electron chi connectivity index (χ4n) is 3.37. The van der Waals surface area contributed by atoms with Gasteiger partial charge in [0.15, 0.2) is 0 Å². The highest BCUT2D eigenvalue weighted by atomic mass is 35.5. The summed E-state index contributed by atoms with van der Waals surface area (Å²) in [4.78, 5) is 0. The molecule has 1 atom stereocenters. The number of hydrogen-bond acceptors (Lipinski definition) is 2. The van der Waals surface area contributed by atoms with Gasteiger partial charge in [0.25, 0.3) is 0 Å². The number of halogens is 2. The summed E-state index contributed by atoms with van der Waals surface area (Å²) in [5.41, 5.74) is 5.90. The molecule has 0 spiro atoms. The van der Waals surface area contributed by atoms with E-state index in [1.807, 2.05) is 38.1 Å². The van der Waals surface area contributed by atoms with E-state index in [1.165, 1.54) is 16.7 Å². The number of rotatable bonds is 7. The molecule has 0 fully saturated rings. The third-order valence-corrected chi connectivity index (χ3v) is 4.88. The van der Waals surface area contributed by atoms with E-state index in [1.54, 1.807) is 0 Å². The maximum atomic E-state index is 6.26. The molecule has 0 saturated heterocycles. The molecule has 2 nitrogen and oxygen atoms in total. The van der Waals surface area contributed by atoms with E-state index in [-0.39, 0.29) is 6.10 Å². The van der Waals surface area contributed by atoms with Crippen LogP contribution in [0.15, 0.2) is 48.0 Å². The average Bonchev–Trinajstić information content (AvgIpc) is 2.90. The van der Waals surface area contributed by atoms with E-state index in [0.717, 1.165) is 27.6 Å². The first-order valence-electron chi connectivity index (χ1n) is 8.63. The average molecular weight is 377 g/mol. The minimum absolute atomic E-state index is 0.0789. The molecule has 0 heterocycles. The quantitative estimate of drug-likeness (QED) is 0.526. The maximum Gasteiger partial charge on any atom is 0.105 e. The summed E-state index contributed by atoms with van der Waals surface area (Å²) in [6, 6.07) is 14.0. The molecule has 0 amide bonds. The van der Waals surface area contributed by atoms with Crippen LogP contribution in [0, 0.1) is 0 Å². The molecular weight excluding hydrogens is 355 g/mol. The number of fused-ring (bicyclic) bond motifs is 1. The van der Waals surface area contributed by atoms with Gasteiger partial charge in [0.05, 0.1) is 6.61 Å². The van der Waals surface area contributed by atoms with Crippen LogP contribution in [0.1, 0.15) is 43.1 Å². The molecule has 132 valence electrons. The zero-order valence-electron chi connectivity index (χ0n) is 14.5. The van der Waals surface area contributed by atoms with Gasteiger partial charge in [-0.05, 0) is 72.4 Å². The SMILES string of the molecule is CCOCCC1=C(c2ccc(Cl)cc2)c2ccc(Cl)cc2C1OCC. The maximum absolute atomic E-state index is 6.26. The van der Waals surface area contributed by atoms with Crippen molar-refractivity contribution >= 4 is 28.8 Å². The van der Waals surface area contributed by atoms with E-state index in [2.05, 4.69) is 18.2 Å². The van der Waals surface area contributed by atoms with Gasteiger partial charge >= 0.3 is 0 Å². The molecular formula is C21H22Cl2O2. The van der Waals surface area contributed by atoms with Crippen LogP contribution >= 0.6 is 23.2 Å². The Morgan fingerprint density at radius 3 is 2.32 bits per heavy atom. The van der Waals surface area contributed by atoms with Crippen LogP contribution in [-0.2, 0) is 9.47 Å². The molecule has 0 saturated carbocycles. The fraction of sp³-hybridized carbons (Fsp3) is 0.333. The zero-order chi connectivity index (χ0) is 17.8. The lowest BCUT2D eigenvalue weighted by Crippen LogP contribution is -2.07. The molecule has 3 rings (SSSR count).